The Hall–Kier alpha value is -3.52. The molecule has 0 bridgehead atoms. The van der Waals surface area contributed by atoms with Crippen molar-refractivity contribution < 1.29 is 9.53 Å². The molecule has 1 amide bonds. The summed E-state index contributed by atoms with van der Waals surface area (Å²) in [5.41, 5.74) is 1.76. The van der Waals surface area contributed by atoms with Gasteiger partial charge in [0.25, 0.3) is 5.91 Å². The van der Waals surface area contributed by atoms with E-state index in [0.717, 1.165) is 16.3 Å². The highest BCUT2D eigenvalue weighted by Crippen LogP contribution is 2.26. The van der Waals surface area contributed by atoms with Gasteiger partial charge in [-0.3, -0.25) is 18.9 Å². The summed E-state index contributed by atoms with van der Waals surface area (Å²) in [7, 11) is 1.62. The highest BCUT2D eigenvalue weighted by atomic mass is 16.5. The van der Waals surface area contributed by atoms with Crippen LogP contribution < -0.4 is 5.69 Å². The van der Waals surface area contributed by atoms with Crippen molar-refractivity contribution in [3.8, 4) is 0 Å². The molecule has 1 aliphatic heterocycles. The predicted octanol–water partition coefficient (Wildman–Crippen LogP) is 2.48. The number of hydrogen-bond acceptors (Lipinski definition) is 5. The van der Waals surface area contributed by atoms with Crippen molar-refractivity contribution in [2.75, 3.05) is 26.8 Å². The number of ether oxygens (including phenoxy) is 1. The SMILES string of the molecule is COCCn1c(=O)n([C@@H]2CCN(C(=O)c3nccc4ccccc34)C2)c2ncccc21. The monoisotopic (exact) mass is 417 g/mol. The van der Waals surface area contributed by atoms with Gasteiger partial charge in [0.15, 0.2) is 5.65 Å². The molecule has 0 radical (unpaired) electrons. The van der Waals surface area contributed by atoms with Gasteiger partial charge in [0, 0.05) is 38.0 Å². The summed E-state index contributed by atoms with van der Waals surface area (Å²) in [5, 5.41) is 1.83. The Morgan fingerprint density at radius 2 is 2.00 bits per heavy atom. The fourth-order valence-electron chi connectivity index (χ4n) is 4.41. The Kier molecular flexibility index (Phi) is 4.99. The Morgan fingerprint density at radius 3 is 2.87 bits per heavy atom. The molecule has 0 aliphatic carbocycles. The topological polar surface area (TPSA) is 82.2 Å². The van der Waals surface area contributed by atoms with Crippen LogP contribution in [0.4, 0.5) is 0 Å². The maximum Gasteiger partial charge on any atom is 0.330 e. The maximum absolute atomic E-state index is 13.3. The van der Waals surface area contributed by atoms with E-state index in [9.17, 15) is 9.59 Å². The molecule has 8 nitrogen and oxygen atoms in total. The van der Waals surface area contributed by atoms with Crippen LogP contribution in [0.3, 0.4) is 0 Å². The zero-order valence-electron chi connectivity index (χ0n) is 17.3. The third-order valence-corrected chi connectivity index (χ3v) is 5.93. The fourth-order valence-corrected chi connectivity index (χ4v) is 4.41. The summed E-state index contributed by atoms with van der Waals surface area (Å²) >= 11 is 0. The molecule has 0 N–H and O–H groups in total. The van der Waals surface area contributed by atoms with Crippen LogP contribution >= 0.6 is 0 Å². The molecular weight excluding hydrogens is 394 g/mol. The van der Waals surface area contributed by atoms with Crippen LogP contribution in [0.2, 0.25) is 0 Å². The highest BCUT2D eigenvalue weighted by molar-refractivity contribution is 6.05. The molecule has 158 valence electrons. The molecule has 8 heteroatoms. The quantitative estimate of drug-likeness (QED) is 0.498. The van der Waals surface area contributed by atoms with E-state index in [2.05, 4.69) is 9.97 Å². The summed E-state index contributed by atoms with van der Waals surface area (Å²) < 4.78 is 8.60. The maximum atomic E-state index is 13.3. The first kappa shape index (κ1) is 19.4. The number of methoxy groups -OCH3 is 1. The van der Waals surface area contributed by atoms with Gasteiger partial charge >= 0.3 is 5.69 Å². The third-order valence-electron chi connectivity index (χ3n) is 5.93. The average molecular weight is 417 g/mol. The van der Waals surface area contributed by atoms with Gasteiger partial charge in [-0.15, -0.1) is 0 Å². The molecule has 0 spiro atoms. The zero-order valence-corrected chi connectivity index (χ0v) is 17.3. The average Bonchev–Trinajstić information content (AvgIpc) is 3.39. The molecule has 0 saturated carbocycles. The van der Waals surface area contributed by atoms with Crippen LogP contribution in [0.5, 0.6) is 0 Å². The normalized spacial score (nSPS) is 16.4. The van der Waals surface area contributed by atoms with Gasteiger partial charge in [-0.05, 0) is 30.0 Å². The van der Waals surface area contributed by atoms with Crippen LogP contribution in [0.1, 0.15) is 23.0 Å². The van der Waals surface area contributed by atoms with Crippen molar-refractivity contribution in [3.05, 3.63) is 71.0 Å². The number of imidazole rings is 1. The van der Waals surface area contributed by atoms with E-state index in [-0.39, 0.29) is 17.6 Å². The molecule has 4 heterocycles. The first-order valence-corrected chi connectivity index (χ1v) is 10.4. The number of fused-ring (bicyclic) bond motifs is 2. The minimum atomic E-state index is -0.132. The lowest BCUT2D eigenvalue weighted by molar-refractivity contribution is 0.0784. The number of carbonyl (C=O) groups excluding carboxylic acids is 1. The summed E-state index contributed by atoms with van der Waals surface area (Å²) in [4.78, 5) is 37.1. The standard InChI is InChI=1S/C23H23N5O3/c1-31-14-13-27-19-7-4-10-25-21(19)28(23(27)30)17-9-12-26(15-17)22(29)20-18-6-3-2-5-16(18)8-11-24-20/h2-8,10-11,17H,9,12-15H2,1H3/t17-/m1/s1. The number of aromatic nitrogens is 4. The number of amides is 1. The molecular formula is C23H23N5O3. The summed E-state index contributed by atoms with van der Waals surface area (Å²) in [5.74, 6) is -0.108. The number of carbonyl (C=O) groups is 1. The zero-order chi connectivity index (χ0) is 21.4. The lowest BCUT2D eigenvalue weighted by Gasteiger charge is -2.17. The fraction of sp³-hybridized carbons (Fsp3) is 0.304. The van der Waals surface area contributed by atoms with E-state index in [4.69, 9.17) is 4.74 Å². The molecule has 0 unspecified atom stereocenters. The van der Waals surface area contributed by atoms with E-state index < -0.39 is 0 Å². The number of hydrogen-bond donors (Lipinski definition) is 0. The van der Waals surface area contributed by atoms with Gasteiger partial charge in [0.05, 0.1) is 24.7 Å². The molecule has 1 fully saturated rings. The van der Waals surface area contributed by atoms with Crippen molar-refractivity contribution in [1.29, 1.82) is 0 Å². The number of rotatable bonds is 5. The van der Waals surface area contributed by atoms with Crippen LogP contribution in [0.15, 0.2) is 59.7 Å². The number of likely N-dealkylation sites (tertiary alicyclic amines) is 1. The van der Waals surface area contributed by atoms with Crippen LogP contribution in [-0.4, -0.2) is 56.7 Å². The molecule has 1 aliphatic rings. The van der Waals surface area contributed by atoms with Crippen molar-refractivity contribution in [2.45, 2.75) is 19.0 Å². The summed E-state index contributed by atoms with van der Waals surface area (Å²) in [6.07, 6.45) is 4.05. The predicted molar refractivity (Wildman–Crippen MR) is 117 cm³/mol. The Balaban J connectivity index is 1.47. The molecule has 1 atom stereocenters. The van der Waals surface area contributed by atoms with Crippen molar-refractivity contribution in [2.24, 2.45) is 0 Å². The van der Waals surface area contributed by atoms with E-state index in [1.54, 1.807) is 33.5 Å². The first-order chi connectivity index (χ1) is 15.2. The van der Waals surface area contributed by atoms with E-state index in [1.165, 1.54) is 0 Å². The van der Waals surface area contributed by atoms with Crippen molar-refractivity contribution >= 4 is 27.8 Å². The molecule has 1 aromatic carbocycles. The lowest BCUT2D eigenvalue weighted by atomic mass is 10.1. The van der Waals surface area contributed by atoms with Gasteiger partial charge in [-0.25, -0.2) is 9.78 Å². The second-order valence-corrected chi connectivity index (χ2v) is 7.72. The highest BCUT2D eigenvalue weighted by Gasteiger charge is 2.32. The van der Waals surface area contributed by atoms with Crippen molar-refractivity contribution in [3.63, 3.8) is 0 Å². The summed E-state index contributed by atoms with van der Waals surface area (Å²) in [6.45, 7) is 1.91. The number of nitrogens with zero attached hydrogens (tertiary/aromatic N) is 5. The van der Waals surface area contributed by atoms with Crippen molar-refractivity contribution in [1.82, 2.24) is 24.0 Å². The Bertz CT molecular complexity index is 1320. The minimum absolute atomic E-state index is 0.108. The molecule has 1 saturated heterocycles. The molecule has 4 aromatic rings. The van der Waals surface area contributed by atoms with Gasteiger partial charge in [0.1, 0.15) is 5.69 Å². The van der Waals surface area contributed by atoms with Gasteiger partial charge < -0.3 is 9.64 Å². The lowest BCUT2D eigenvalue weighted by Crippen LogP contribution is -2.33. The largest absolute Gasteiger partial charge is 0.383 e. The van der Waals surface area contributed by atoms with Gasteiger partial charge in [-0.2, -0.15) is 0 Å². The second-order valence-electron chi connectivity index (χ2n) is 7.72. The van der Waals surface area contributed by atoms with Gasteiger partial charge in [0.2, 0.25) is 0 Å². The third kappa shape index (κ3) is 3.29. The molecule has 3 aromatic heterocycles. The number of benzene rings is 1. The smallest absolute Gasteiger partial charge is 0.330 e. The van der Waals surface area contributed by atoms with E-state index >= 15 is 0 Å². The molecule has 5 rings (SSSR count). The van der Waals surface area contributed by atoms with E-state index in [0.29, 0.717) is 44.0 Å². The van der Waals surface area contributed by atoms with Gasteiger partial charge in [-0.1, -0.05) is 24.3 Å². The second kappa shape index (κ2) is 7.96. The number of pyridine rings is 2. The Labute approximate surface area is 178 Å². The van der Waals surface area contributed by atoms with Crippen LogP contribution in [0.25, 0.3) is 21.9 Å². The summed E-state index contributed by atoms with van der Waals surface area (Å²) in [6, 6.07) is 13.2. The van der Waals surface area contributed by atoms with Crippen LogP contribution in [0, 0.1) is 0 Å². The van der Waals surface area contributed by atoms with Crippen LogP contribution in [-0.2, 0) is 11.3 Å². The first-order valence-electron chi connectivity index (χ1n) is 10.4. The molecule has 31 heavy (non-hydrogen) atoms. The Morgan fingerprint density at radius 1 is 1.13 bits per heavy atom. The van der Waals surface area contributed by atoms with E-state index in [1.807, 2.05) is 42.5 Å². The minimum Gasteiger partial charge on any atom is -0.383 e.